The van der Waals surface area contributed by atoms with Gasteiger partial charge in [0.25, 0.3) is 5.91 Å². The van der Waals surface area contributed by atoms with Crippen LogP contribution in [0.2, 0.25) is 0 Å². The average Bonchev–Trinajstić information content (AvgIpc) is 3.12. The van der Waals surface area contributed by atoms with Crippen LogP contribution < -0.4 is 5.32 Å². The molecule has 1 N–H and O–H groups in total. The Balaban J connectivity index is 1.81. The van der Waals surface area contributed by atoms with E-state index in [2.05, 4.69) is 5.32 Å². The third-order valence-electron chi connectivity index (χ3n) is 3.62. The first-order valence-electron chi connectivity index (χ1n) is 7.39. The first kappa shape index (κ1) is 15.5. The molecule has 0 fully saturated rings. The Morgan fingerprint density at radius 3 is 3.00 bits per heavy atom. The molecule has 1 amide bonds. The molecule has 2 heterocycles. The van der Waals surface area contributed by atoms with E-state index in [4.69, 9.17) is 0 Å². The monoisotopic (exact) mass is 328 g/mol. The largest absolute Gasteiger partial charge is 0.347 e. The molecule has 0 unspecified atom stereocenters. The van der Waals surface area contributed by atoms with Crippen LogP contribution in [0.1, 0.15) is 23.0 Å². The molecule has 0 aliphatic carbocycles. The second-order valence-electron chi connectivity index (χ2n) is 5.19. The number of thiophene rings is 1. The minimum absolute atomic E-state index is 0.151. The highest BCUT2D eigenvalue weighted by molar-refractivity contribution is 7.17. The van der Waals surface area contributed by atoms with Gasteiger partial charge in [-0.2, -0.15) is 0 Å². The van der Waals surface area contributed by atoms with Gasteiger partial charge in [-0.3, -0.25) is 4.79 Å². The summed E-state index contributed by atoms with van der Waals surface area (Å²) in [5.41, 5.74) is 2.43. The molecule has 1 aromatic carbocycles. The van der Waals surface area contributed by atoms with Gasteiger partial charge in [0.15, 0.2) is 0 Å². The van der Waals surface area contributed by atoms with Crippen molar-refractivity contribution in [3.63, 3.8) is 0 Å². The lowest BCUT2D eigenvalue weighted by molar-refractivity contribution is 0.0942. The topological polar surface area (TPSA) is 34.0 Å². The Kier molecular flexibility index (Phi) is 4.57. The minimum Gasteiger partial charge on any atom is -0.347 e. The summed E-state index contributed by atoms with van der Waals surface area (Å²) in [7, 11) is 0. The maximum Gasteiger partial charge on any atom is 0.268 e. The number of aromatic nitrogens is 1. The predicted molar refractivity (Wildman–Crippen MR) is 92.2 cm³/mol. The molecule has 0 atom stereocenters. The fourth-order valence-electron chi connectivity index (χ4n) is 2.49. The van der Waals surface area contributed by atoms with Gasteiger partial charge in [-0.25, -0.2) is 4.39 Å². The summed E-state index contributed by atoms with van der Waals surface area (Å²) in [6.45, 7) is 2.91. The number of hydrogen-bond acceptors (Lipinski definition) is 2. The predicted octanol–water partition coefficient (Wildman–Crippen LogP) is 4.35. The van der Waals surface area contributed by atoms with Crippen molar-refractivity contribution in [3.05, 3.63) is 71.0 Å². The highest BCUT2D eigenvalue weighted by Crippen LogP contribution is 2.25. The van der Waals surface area contributed by atoms with E-state index in [1.54, 1.807) is 23.5 Å². The number of amides is 1. The molecule has 23 heavy (non-hydrogen) atoms. The normalized spacial score (nSPS) is 11.4. The molecule has 118 valence electrons. The van der Waals surface area contributed by atoms with Gasteiger partial charge in [0, 0.05) is 13.1 Å². The molecule has 5 heteroatoms. The number of hydrogen-bond donors (Lipinski definition) is 1. The number of rotatable bonds is 5. The van der Waals surface area contributed by atoms with E-state index < -0.39 is 0 Å². The Labute approximate surface area is 138 Å². The van der Waals surface area contributed by atoms with Crippen molar-refractivity contribution in [3.8, 4) is 0 Å². The lowest BCUT2D eigenvalue weighted by Crippen LogP contribution is -2.25. The van der Waals surface area contributed by atoms with Crippen LogP contribution >= 0.6 is 11.3 Å². The van der Waals surface area contributed by atoms with Crippen molar-refractivity contribution in [2.24, 2.45) is 0 Å². The van der Waals surface area contributed by atoms with Gasteiger partial charge >= 0.3 is 0 Å². The molecule has 0 aliphatic rings. The molecular formula is C18H17FN2OS. The van der Waals surface area contributed by atoms with Gasteiger partial charge in [0.2, 0.25) is 0 Å². The molecule has 0 radical (unpaired) electrons. The second kappa shape index (κ2) is 6.79. The van der Waals surface area contributed by atoms with E-state index in [1.807, 2.05) is 41.2 Å². The average molecular weight is 328 g/mol. The minimum atomic E-state index is -0.297. The maximum atomic E-state index is 13.2. The summed E-state index contributed by atoms with van der Waals surface area (Å²) < 4.78 is 16.3. The Morgan fingerprint density at radius 1 is 1.35 bits per heavy atom. The van der Waals surface area contributed by atoms with E-state index in [0.29, 0.717) is 18.8 Å². The van der Waals surface area contributed by atoms with Crippen LogP contribution in [-0.2, 0) is 13.1 Å². The number of carbonyl (C=O) groups is 1. The van der Waals surface area contributed by atoms with Crippen LogP contribution in [0.3, 0.4) is 0 Å². The highest BCUT2D eigenvalue weighted by Gasteiger charge is 2.15. The van der Waals surface area contributed by atoms with Crippen LogP contribution in [-0.4, -0.2) is 10.5 Å². The fraction of sp³-hybridized carbons (Fsp3) is 0.167. The van der Waals surface area contributed by atoms with Crippen LogP contribution in [0.4, 0.5) is 4.39 Å². The molecule has 3 aromatic rings. The van der Waals surface area contributed by atoms with Crippen molar-refractivity contribution < 1.29 is 9.18 Å². The third kappa shape index (κ3) is 3.35. The van der Waals surface area contributed by atoms with E-state index in [9.17, 15) is 9.18 Å². The number of nitrogens with one attached hydrogen (secondary N) is 1. The molecule has 3 rings (SSSR count). The summed E-state index contributed by atoms with van der Waals surface area (Å²) in [5.74, 6) is -0.448. The first-order valence-corrected chi connectivity index (χ1v) is 8.27. The van der Waals surface area contributed by atoms with Crippen molar-refractivity contribution in [1.29, 1.82) is 0 Å². The van der Waals surface area contributed by atoms with Crippen molar-refractivity contribution in [2.45, 2.75) is 20.0 Å². The molecule has 0 saturated heterocycles. The number of fused-ring (bicyclic) bond motifs is 1. The zero-order valence-corrected chi connectivity index (χ0v) is 13.6. The molecule has 0 aliphatic heterocycles. The Hall–Kier alpha value is -2.40. The first-order chi connectivity index (χ1) is 11.2. The lowest BCUT2D eigenvalue weighted by Gasteiger charge is -2.09. The quantitative estimate of drug-likeness (QED) is 0.694. The van der Waals surface area contributed by atoms with E-state index in [-0.39, 0.29) is 11.7 Å². The summed E-state index contributed by atoms with van der Waals surface area (Å²) >= 11 is 1.62. The molecule has 0 saturated carbocycles. The van der Waals surface area contributed by atoms with Gasteiger partial charge in [0.1, 0.15) is 11.5 Å². The zero-order chi connectivity index (χ0) is 16.2. The number of halogens is 1. The number of carbonyl (C=O) groups excluding carboxylic acids is 1. The van der Waals surface area contributed by atoms with Crippen LogP contribution in [0, 0.1) is 5.82 Å². The van der Waals surface area contributed by atoms with Gasteiger partial charge in [0.05, 0.1) is 10.2 Å². The van der Waals surface area contributed by atoms with Crippen molar-refractivity contribution in [2.75, 3.05) is 0 Å². The lowest BCUT2D eigenvalue weighted by atomic mass is 10.2. The molecule has 3 nitrogen and oxygen atoms in total. The molecule has 2 aromatic heterocycles. The van der Waals surface area contributed by atoms with Crippen molar-refractivity contribution in [1.82, 2.24) is 9.88 Å². The number of benzene rings is 1. The third-order valence-corrected chi connectivity index (χ3v) is 4.47. The maximum absolute atomic E-state index is 13.2. The standard InChI is InChI=1S/C18H17FN2OS/c1-2-3-8-21-15-7-9-23-17(15)11-16(21)18(22)20-12-13-5-4-6-14(19)10-13/h2-7,9-11H,8,12H2,1H3,(H,20,22). The smallest absolute Gasteiger partial charge is 0.268 e. The number of nitrogens with zero attached hydrogens (tertiary/aromatic N) is 1. The number of allylic oxidation sites excluding steroid dienone is 2. The summed E-state index contributed by atoms with van der Waals surface area (Å²) in [6.07, 6.45) is 3.98. The van der Waals surface area contributed by atoms with Gasteiger partial charge in [-0.15, -0.1) is 11.3 Å². The second-order valence-corrected chi connectivity index (χ2v) is 6.14. The molecular weight excluding hydrogens is 311 g/mol. The SMILES string of the molecule is CC=CCn1c(C(=O)NCc2cccc(F)c2)cc2sccc21. The van der Waals surface area contributed by atoms with Crippen molar-refractivity contribution >= 4 is 27.5 Å². The van der Waals surface area contributed by atoms with Gasteiger partial charge in [-0.05, 0) is 42.1 Å². The molecule has 0 spiro atoms. The van der Waals surface area contributed by atoms with Crippen LogP contribution in [0.25, 0.3) is 10.2 Å². The summed E-state index contributed by atoms with van der Waals surface area (Å²) in [5, 5.41) is 4.88. The van der Waals surface area contributed by atoms with Gasteiger partial charge in [-0.1, -0.05) is 24.3 Å². The van der Waals surface area contributed by atoms with E-state index >= 15 is 0 Å². The molecule has 0 bridgehead atoms. The summed E-state index contributed by atoms with van der Waals surface area (Å²) in [4.78, 5) is 12.5. The fourth-order valence-corrected chi connectivity index (χ4v) is 3.31. The van der Waals surface area contributed by atoms with Gasteiger partial charge < -0.3 is 9.88 Å². The zero-order valence-electron chi connectivity index (χ0n) is 12.8. The van der Waals surface area contributed by atoms with Crippen LogP contribution in [0.15, 0.2) is 53.9 Å². The van der Waals surface area contributed by atoms with E-state index in [1.165, 1.54) is 12.1 Å². The Bertz CT molecular complexity index is 863. The van der Waals surface area contributed by atoms with E-state index in [0.717, 1.165) is 15.8 Å². The van der Waals surface area contributed by atoms with Crippen LogP contribution in [0.5, 0.6) is 0 Å². The Morgan fingerprint density at radius 2 is 2.22 bits per heavy atom. The highest BCUT2D eigenvalue weighted by atomic mass is 32.1. The summed E-state index contributed by atoms with van der Waals surface area (Å²) in [6, 6.07) is 10.2.